The SMILES string of the molecule is COc1ccc(NC(=O)Nc2nc(CSc3ccccc3)c(Br)s2)c(C(=O)C2CCCC2)c1. The first-order valence-corrected chi connectivity index (χ1v) is 13.3. The first-order chi connectivity index (χ1) is 16.0. The molecule has 0 bridgehead atoms. The highest BCUT2D eigenvalue weighted by Gasteiger charge is 2.26. The number of nitrogens with one attached hydrogen (secondary N) is 2. The van der Waals surface area contributed by atoms with Crippen molar-refractivity contribution in [1.29, 1.82) is 0 Å². The Labute approximate surface area is 209 Å². The Bertz CT molecular complexity index is 1130. The van der Waals surface area contributed by atoms with Gasteiger partial charge in [0.25, 0.3) is 0 Å². The van der Waals surface area contributed by atoms with Gasteiger partial charge >= 0.3 is 6.03 Å². The molecule has 6 nitrogen and oxygen atoms in total. The van der Waals surface area contributed by atoms with E-state index in [4.69, 9.17) is 4.74 Å². The predicted octanol–water partition coefficient (Wildman–Crippen LogP) is 7.22. The summed E-state index contributed by atoms with van der Waals surface area (Å²) in [5.41, 5.74) is 1.82. The van der Waals surface area contributed by atoms with Gasteiger partial charge in [-0.05, 0) is 59.1 Å². The molecule has 1 saturated carbocycles. The highest BCUT2D eigenvalue weighted by molar-refractivity contribution is 9.11. The lowest BCUT2D eigenvalue weighted by molar-refractivity contribution is 0.0923. The van der Waals surface area contributed by atoms with Crippen molar-refractivity contribution in [2.45, 2.75) is 36.3 Å². The standard InChI is InChI=1S/C24H24BrN3O3S2/c1-31-16-11-12-19(18(13-16)21(29)15-7-5-6-8-15)26-23(30)28-24-27-20(22(25)33-24)14-32-17-9-3-2-4-10-17/h2-4,9-13,15H,5-8,14H2,1H3,(H2,26,27,28,30). The first kappa shape index (κ1) is 23.8. The van der Waals surface area contributed by atoms with Crippen LogP contribution in [0.2, 0.25) is 0 Å². The summed E-state index contributed by atoms with van der Waals surface area (Å²) >= 11 is 6.58. The Kier molecular flexibility index (Phi) is 8.06. The summed E-state index contributed by atoms with van der Waals surface area (Å²) in [7, 11) is 1.56. The van der Waals surface area contributed by atoms with Crippen molar-refractivity contribution in [2.75, 3.05) is 17.7 Å². The van der Waals surface area contributed by atoms with Crippen LogP contribution in [-0.2, 0) is 5.75 Å². The molecule has 3 aromatic rings. The van der Waals surface area contributed by atoms with Gasteiger partial charge in [-0.3, -0.25) is 10.1 Å². The van der Waals surface area contributed by atoms with Gasteiger partial charge in [0.2, 0.25) is 0 Å². The van der Waals surface area contributed by atoms with Crippen LogP contribution in [0.15, 0.2) is 57.2 Å². The largest absolute Gasteiger partial charge is 0.497 e. The van der Waals surface area contributed by atoms with Gasteiger partial charge in [-0.25, -0.2) is 9.78 Å². The maximum Gasteiger partial charge on any atom is 0.325 e. The van der Waals surface area contributed by atoms with Gasteiger partial charge in [0, 0.05) is 22.1 Å². The summed E-state index contributed by atoms with van der Waals surface area (Å²) in [4.78, 5) is 31.5. The lowest BCUT2D eigenvalue weighted by atomic mass is 9.95. The number of benzene rings is 2. The van der Waals surface area contributed by atoms with Gasteiger partial charge in [-0.15, -0.1) is 11.8 Å². The zero-order valence-electron chi connectivity index (χ0n) is 18.1. The van der Waals surface area contributed by atoms with E-state index in [-0.39, 0.29) is 11.7 Å². The van der Waals surface area contributed by atoms with Gasteiger partial charge < -0.3 is 10.1 Å². The van der Waals surface area contributed by atoms with Gasteiger partial charge in [0.1, 0.15) is 5.75 Å². The molecule has 2 amide bonds. The number of thiazole rings is 1. The number of methoxy groups -OCH3 is 1. The summed E-state index contributed by atoms with van der Waals surface area (Å²) in [5.74, 6) is 1.33. The minimum absolute atomic E-state index is 0.000285. The monoisotopic (exact) mass is 545 g/mol. The molecule has 2 N–H and O–H groups in total. The number of Topliss-reactive ketones (excluding diaryl/α,β-unsaturated/α-hetero) is 1. The van der Waals surface area contributed by atoms with E-state index in [0.29, 0.717) is 27.9 Å². The number of ether oxygens (including phenoxy) is 1. The van der Waals surface area contributed by atoms with Crippen molar-refractivity contribution in [3.63, 3.8) is 0 Å². The van der Waals surface area contributed by atoms with Crippen molar-refractivity contribution in [3.8, 4) is 5.75 Å². The highest BCUT2D eigenvalue weighted by Crippen LogP contribution is 2.34. The second kappa shape index (κ2) is 11.2. The molecule has 0 saturated heterocycles. The number of hydrogen-bond acceptors (Lipinski definition) is 6. The minimum Gasteiger partial charge on any atom is -0.497 e. The predicted molar refractivity (Wildman–Crippen MR) is 138 cm³/mol. The molecular formula is C24H24BrN3O3S2. The van der Waals surface area contributed by atoms with Crippen LogP contribution in [0.3, 0.4) is 0 Å². The normalized spacial score (nSPS) is 13.6. The molecule has 0 radical (unpaired) electrons. The molecular weight excluding hydrogens is 522 g/mol. The zero-order valence-corrected chi connectivity index (χ0v) is 21.3. The number of hydrogen-bond donors (Lipinski definition) is 2. The number of anilines is 2. The van der Waals surface area contributed by atoms with Crippen LogP contribution < -0.4 is 15.4 Å². The van der Waals surface area contributed by atoms with Crippen molar-refractivity contribution in [3.05, 3.63) is 63.6 Å². The molecule has 1 fully saturated rings. The number of urea groups is 1. The van der Waals surface area contributed by atoms with E-state index < -0.39 is 6.03 Å². The maximum atomic E-state index is 13.1. The zero-order chi connectivity index (χ0) is 23.2. The first-order valence-electron chi connectivity index (χ1n) is 10.7. The van der Waals surface area contributed by atoms with Crippen molar-refractivity contribution in [1.82, 2.24) is 4.98 Å². The summed E-state index contributed by atoms with van der Waals surface area (Å²) in [6.45, 7) is 0. The molecule has 0 aliphatic heterocycles. The van der Waals surface area contributed by atoms with E-state index in [2.05, 4.69) is 43.7 Å². The molecule has 1 heterocycles. The molecule has 1 aromatic heterocycles. The summed E-state index contributed by atoms with van der Waals surface area (Å²) in [5, 5.41) is 6.10. The van der Waals surface area contributed by atoms with E-state index in [1.807, 2.05) is 18.2 Å². The molecule has 1 aliphatic rings. The van der Waals surface area contributed by atoms with Gasteiger partial charge in [-0.1, -0.05) is 42.4 Å². The third kappa shape index (κ3) is 6.16. The fraction of sp³-hybridized carbons (Fsp3) is 0.292. The topological polar surface area (TPSA) is 80.3 Å². The van der Waals surface area contributed by atoms with Crippen LogP contribution >= 0.6 is 39.0 Å². The lowest BCUT2D eigenvalue weighted by Gasteiger charge is -2.15. The maximum absolute atomic E-state index is 13.1. The van der Waals surface area contributed by atoms with Gasteiger partial charge in [-0.2, -0.15) is 0 Å². The smallest absolute Gasteiger partial charge is 0.325 e. The number of carbonyl (C=O) groups is 2. The van der Waals surface area contributed by atoms with Crippen LogP contribution in [0, 0.1) is 5.92 Å². The van der Waals surface area contributed by atoms with Gasteiger partial charge in [0.05, 0.1) is 22.3 Å². The molecule has 0 unspecified atom stereocenters. The number of nitrogens with zero attached hydrogens (tertiary/aromatic N) is 1. The number of rotatable bonds is 8. The summed E-state index contributed by atoms with van der Waals surface area (Å²) in [6.07, 6.45) is 3.90. The molecule has 2 aromatic carbocycles. The molecule has 0 atom stereocenters. The van der Waals surface area contributed by atoms with Gasteiger partial charge in [0.15, 0.2) is 10.9 Å². The third-order valence-electron chi connectivity index (χ3n) is 5.46. The van der Waals surface area contributed by atoms with Crippen LogP contribution in [0.5, 0.6) is 5.75 Å². The van der Waals surface area contributed by atoms with Crippen molar-refractivity contribution < 1.29 is 14.3 Å². The number of aromatic nitrogens is 1. The Morgan fingerprint density at radius 1 is 1.15 bits per heavy atom. The van der Waals surface area contributed by atoms with Crippen LogP contribution in [0.1, 0.15) is 41.7 Å². The highest BCUT2D eigenvalue weighted by atomic mass is 79.9. The molecule has 0 spiro atoms. The van der Waals surface area contributed by atoms with E-state index in [1.54, 1.807) is 37.1 Å². The number of thioether (sulfide) groups is 1. The van der Waals surface area contributed by atoms with Crippen LogP contribution in [-0.4, -0.2) is 23.9 Å². The average molecular weight is 547 g/mol. The van der Waals surface area contributed by atoms with Crippen LogP contribution in [0.4, 0.5) is 15.6 Å². The average Bonchev–Trinajstić information content (AvgIpc) is 3.48. The second-order valence-corrected chi connectivity index (χ2v) is 11.0. The Balaban J connectivity index is 1.43. The molecule has 172 valence electrons. The molecule has 33 heavy (non-hydrogen) atoms. The number of halogens is 1. The number of amides is 2. The van der Waals surface area contributed by atoms with E-state index in [1.165, 1.54) is 11.3 Å². The third-order valence-corrected chi connectivity index (χ3v) is 8.22. The van der Waals surface area contributed by atoms with Crippen molar-refractivity contribution in [2.24, 2.45) is 5.92 Å². The quantitative estimate of drug-likeness (QED) is 0.230. The molecule has 4 rings (SSSR count). The number of carbonyl (C=O) groups excluding carboxylic acids is 2. The Morgan fingerprint density at radius 3 is 2.64 bits per heavy atom. The van der Waals surface area contributed by atoms with E-state index in [9.17, 15) is 9.59 Å². The Morgan fingerprint density at radius 2 is 1.91 bits per heavy atom. The fourth-order valence-corrected chi connectivity index (χ4v) is 6.30. The summed E-state index contributed by atoms with van der Waals surface area (Å²) in [6, 6.07) is 14.8. The van der Waals surface area contributed by atoms with E-state index >= 15 is 0 Å². The Hall–Kier alpha value is -2.36. The van der Waals surface area contributed by atoms with E-state index in [0.717, 1.165) is 40.1 Å². The summed E-state index contributed by atoms with van der Waals surface area (Å²) < 4.78 is 6.18. The second-order valence-electron chi connectivity index (χ2n) is 7.68. The molecule has 1 aliphatic carbocycles. The fourth-order valence-electron chi connectivity index (χ4n) is 3.77. The van der Waals surface area contributed by atoms with Crippen LogP contribution in [0.25, 0.3) is 0 Å². The minimum atomic E-state index is -0.441. The number of ketones is 1. The lowest BCUT2D eigenvalue weighted by Crippen LogP contribution is -2.22. The van der Waals surface area contributed by atoms with Crippen molar-refractivity contribution >= 4 is 61.7 Å². The molecule has 9 heteroatoms.